The Labute approximate surface area is 181 Å². The predicted molar refractivity (Wildman–Crippen MR) is 121 cm³/mol. The van der Waals surface area contributed by atoms with Crippen molar-refractivity contribution in [3.8, 4) is 0 Å². The molecule has 1 aliphatic carbocycles. The van der Waals surface area contributed by atoms with E-state index in [9.17, 15) is 4.79 Å². The van der Waals surface area contributed by atoms with Crippen molar-refractivity contribution in [2.75, 3.05) is 19.6 Å². The Morgan fingerprint density at radius 1 is 0.967 bits per heavy atom. The Hall–Kier alpha value is -2.20. The summed E-state index contributed by atoms with van der Waals surface area (Å²) in [6.07, 6.45) is 11.1. The molecule has 1 saturated heterocycles. The lowest BCUT2D eigenvalue weighted by Crippen LogP contribution is -2.46. The van der Waals surface area contributed by atoms with Crippen LogP contribution >= 0.6 is 0 Å². The second kappa shape index (κ2) is 10.7. The molecule has 30 heavy (non-hydrogen) atoms. The van der Waals surface area contributed by atoms with E-state index in [-0.39, 0.29) is 5.91 Å². The molecule has 4 nitrogen and oxygen atoms in total. The summed E-state index contributed by atoms with van der Waals surface area (Å²) in [5, 5.41) is 3.23. The summed E-state index contributed by atoms with van der Waals surface area (Å²) >= 11 is 0. The number of carbonyl (C=O) groups is 1. The Kier molecular flexibility index (Phi) is 7.52. The van der Waals surface area contributed by atoms with Crippen LogP contribution in [0.5, 0.6) is 0 Å². The smallest absolute Gasteiger partial charge is 0.226 e. The third kappa shape index (κ3) is 5.91. The van der Waals surface area contributed by atoms with Crippen molar-refractivity contribution in [3.05, 3.63) is 66.0 Å². The molecule has 0 radical (unpaired) electrons. The molecule has 1 aliphatic heterocycles. The minimum Gasteiger partial charge on any atom is -0.353 e. The van der Waals surface area contributed by atoms with Gasteiger partial charge in [-0.3, -0.25) is 9.78 Å². The summed E-state index contributed by atoms with van der Waals surface area (Å²) in [4.78, 5) is 19.3. The lowest BCUT2D eigenvalue weighted by atomic mass is 9.76. The summed E-state index contributed by atoms with van der Waals surface area (Å²) < 4.78 is 0. The number of hydrogen-bond acceptors (Lipinski definition) is 3. The molecule has 0 bridgehead atoms. The first-order valence-electron chi connectivity index (χ1n) is 11.7. The van der Waals surface area contributed by atoms with Crippen LogP contribution in [-0.2, 0) is 11.2 Å². The minimum atomic E-state index is 0.0940. The fraction of sp³-hybridized carbons (Fsp3) is 0.538. The number of nitrogens with zero attached hydrogens (tertiary/aromatic N) is 2. The average molecular weight is 406 g/mol. The van der Waals surface area contributed by atoms with Gasteiger partial charge in [0.2, 0.25) is 5.91 Å². The Bertz CT molecular complexity index is 765. The summed E-state index contributed by atoms with van der Waals surface area (Å²) in [6, 6.07) is 17.2. The molecule has 1 amide bonds. The number of benzene rings is 1. The Balaban J connectivity index is 1.28. The molecule has 1 saturated carbocycles. The molecular weight excluding hydrogens is 370 g/mol. The van der Waals surface area contributed by atoms with E-state index in [0.29, 0.717) is 18.4 Å². The van der Waals surface area contributed by atoms with Gasteiger partial charge in [0.15, 0.2) is 0 Å². The van der Waals surface area contributed by atoms with Crippen molar-refractivity contribution in [1.29, 1.82) is 0 Å². The highest BCUT2D eigenvalue weighted by Gasteiger charge is 2.29. The van der Waals surface area contributed by atoms with Gasteiger partial charge in [0, 0.05) is 37.6 Å². The van der Waals surface area contributed by atoms with Gasteiger partial charge in [0.1, 0.15) is 0 Å². The number of nitrogens with one attached hydrogen (secondary N) is 1. The molecule has 1 aromatic carbocycles. The number of pyridine rings is 1. The maximum absolute atomic E-state index is 12.4. The highest BCUT2D eigenvalue weighted by atomic mass is 16.1. The van der Waals surface area contributed by atoms with Crippen molar-refractivity contribution in [3.63, 3.8) is 0 Å². The van der Waals surface area contributed by atoms with Gasteiger partial charge >= 0.3 is 0 Å². The summed E-state index contributed by atoms with van der Waals surface area (Å²) in [5.74, 6) is 1.55. The molecule has 0 spiro atoms. The second-order valence-corrected chi connectivity index (χ2v) is 9.06. The third-order valence-corrected chi connectivity index (χ3v) is 6.92. The van der Waals surface area contributed by atoms with Crippen molar-refractivity contribution in [1.82, 2.24) is 15.2 Å². The van der Waals surface area contributed by atoms with E-state index in [2.05, 4.69) is 45.5 Å². The molecule has 1 unspecified atom stereocenters. The van der Waals surface area contributed by atoms with Gasteiger partial charge in [-0.05, 0) is 55.2 Å². The molecule has 4 heteroatoms. The van der Waals surface area contributed by atoms with E-state index in [0.717, 1.165) is 44.1 Å². The number of carbonyl (C=O) groups excluding carboxylic acids is 1. The monoisotopic (exact) mass is 405 g/mol. The molecule has 4 rings (SSSR count). The first-order valence-corrected chi connectivity index (χ1v) is 11.7. The van der Waals surface area contributed by atoms with Crippen LogP contribution in [0.2, 0.25) is 0 Å². The molecule has 1 aromatic heterocycles. The molecule has 1 atom stereocenters. The molecule has 1 N–H and O–H groups in total. The fourth-order valence-corrected chi connectivity index (χ4v) is 5.25. The van der Waals surface area contributed by atoms with E-state index < -0.39 is 0 Å². The number of amides is 1. The first-order chi connectivity index (χ1) is 14.8. The molecule has 2 aliphatic rings. The Morgan fingerprint density at radius 2 is 1.70 bits per heavy atom. The van der Waals surface area contributed by atoms with Gasteiger partial charge in [-0.1, -0.05) is 55.7 Å². The molecule has 160 valence electrons. The van der Waals surface area contributed by atoms with E-state index in [1.165, 1.54) is 37.7 Å². The van der Waals surface area contributed by atoms with Gasteiger partial charge in [-0.2, -0.15) is 0 Å². The standard InChI is InChI=1S/C26H35N3O/c30-26(19-24-13-7-8-16-27-24)28-23-14-17-29(18-15-23)20-25(21-9-3-1-4-10-21)22-11-5-2-6-12-22/h1,3-4,7-10,13,16,22-23,25H,2,5-6,11-12,14-15,17-20H2,(H,28,30). The largest absolute Gasteiger partial charge is 0.353 e. The number of likely N-dealkylation sites (tertiary alicyclic amines) is 1. The van der Waals surface area contributed by atoms with Gasteiger partial charge in [0.25, 0.3) is 0 Å². The van der Waals surface area contributed by atoms with Crippen LogP contribution in [-0.4, -0.2) is 41.5 Å². The highest BCUT2D eigenvalue weighted by Crippen LogP contribution is 2.37. The van der Waals surface area contributed by atoms with Crippen LogP contribution in [0, 0.1) is 5.92 Å². The van der Waals surface area contributed by atoms with Gasteiger partial charge in [0.05, 0.1) is 6.42 Å². The van der Waals surface area contributed by atoms with E-state index in [1.54, 1.807) is 6.20 Å². The third-order valence-electron chi connectivity index (χ3n) is 6.92. The van der Waals surface area contributed by atoms with Crippen LogP contribution in [0.3, 0.4) is 0 Å². The van der Waals surface area contributed by atoms with E-state index in [4.69, 9.17) is 0 Å². The van der Waals surface area contributed by atoms with Crippen molar-refractivity contribution in [2.24, 2.45) is 5.92 Å². The molecule has 2 aromatic rings. The number of hydrogen-bond donors (Lipinski definition) is 1. The summed E-state index contributed by atoms with van der Waals surface area (Å²) in [6.45, 7) is 3.30. The average Bonchev–Trinajstić information content (AvgIpc) is 2.80. The summed E-state index contributed by atoms with van der Waals surface area (Å²) in [7, 11) is 0. The maximum atomic E-state index is 12.4. The SMILES string of the molecule is O=C(Cc1ccccn1)NC1CCN(CC(c2ccccc2)C2CCCCC2)CC1. The van der Waals surface area contributed by atoms with Gasteiger partial charge in [-0.15, -0.1) is 0 Å². The highest BCUT2D eigenvalue weighted by molar-refractivity contribution is 5.78. The molecule has 2 fully saturated rings. The van der Waals surface area contributed by atoms with Crippen molar-refractivity contribution >= 4 is 5.91 Å². The van der Waals surface area contributed by atoms with Gasteiger partial charge < -0.3 is 10.2 Å². The zero-order valence-corrected chi connectivity index (χ0v) is 18.0. The van der Waals surface area contributed by atoms with Crippen molar-refractivity contribution < 1.29 is 4.79 Å². The van der Waals surface area contributed by atoms with Crippen LogP contribution in [0.4, 0.5) is 0 Å². The topological polar surface area (TPSA) is 45.2 Å². The quantitative estimate of drug-likeness (QED) is 0.734. The minimum absolute atomic E-state index is 0.0940. The molecule has 2 heterocycles. The van der Waals surface area contributed by atoms with Crippen molar-refractivity contribution in [2.45, 2.75) is 63.3 Å². The zero-order valence-electron chi connectivity index (χ0n) is 18.0. The summed E-state index contributed by atoms with van der Waals surface area (Å²) in [5.41, 5.74) is 2.35. The Morgan fingerprint density at radius 3 is 2.40 bits per heavy atom. The predicted octanol–water partition coefficient (Wildman–Crippen LogP) is 4.57. The number of piperidine rings is 1. The van der Waals surface area contributed by atoms with Crippen LogP contribution in [0.25, 0.3) is 0 Å². The lowest BCUT2D eigenvalue weighted by molar-refractivity contribution is -0.121. The molecular formula is C26H35N3O. The first kappa shape index (κ1) is 21.0. The van der Waals surface area contributed by atoms with Crippen LogP contribution in [0.15, 0.2) is 54.7 Å². The second-order valence-electron chi connectivity index (χ2n) is 9.06. The zero-order chi connectivity index (χ0) is 20.6. The maximum Gasteiger partial charge on any atom is 0.226 e. The van der Waals surface area contributed by atoms with E-state index >= 15 is 0 Å². The lowest BCUT2D eigenvalue weighted by Gasteiger charge is -2.38. The van der Waals surface area contributed by atoms with Crippen LogP contribution in [0.1, 0.15) is 62.1 Å². The number of aromatic nitrogens is 1. The van der Waals surface area contributed by atoms with Gasteiger partial charge in [-0.25, -0.2) is 0 Å². The van der Waals surface area contributed by atoms with Crippen LogP contribution < -0.4 is 5.32 Å². The van der Waals surface area contributed by atoms with E-state index in [1.807, 2.05) is 18.2 Å². The normalized spacial score (nSPS) is 20.0. The number of rotatable bonds is 7. The fourth-order valence-electron chi connectivity index (χ4n) is 5.25.